The average molecular weight is 378 g/mol. The lowest BCUT2D eigenvalue weighted by Gasteiger charge is -2.08. The number of ether oxygens (including phenoxy) is 1. The molecule has 0 saturated carbocycles. The third-order valence-corrected chi connectivity index (χ3v) is 3.09. The molecule has 24 heavy (non-hydrogen) atoms. The van der Waals surface area contributed by atoms with E-state index in [4.69, 9.17) is 44.2 Å². The highest BCUT2D eigenvalue weighted by molar-refractivity contribution is 6.42. The fourth-order valence-electron chi connectivity index (χ4n) is 1.45. The van der Waals surface area contributed by atoms with Crippen molar-refractivity contribution in [2.24, 2.45) is 21.5 Å². The lowest BCUT2D eigenvalue weighted by atomic mass is 10.3. The molecular weight excluding hydrogens is 353 g/mol. The number of rotatable bonds is 7. The summed E-state index contributed by atoms with van der Waals surface area (Å²) in [4.78, 5) is 13.0. The second-order valence-corrected chi connectivity index (χ2v) is 5.62. The van der Waals surface area contributed by atoms with Crippen LogP contribution in [-0.2, 0) is 4.84 Å². The van der Waals surface area contributed by atoms with Gasteiger partial charge in [0.15, 0.2) is 0 Å². The van der Waals surface area contributed by atoms with E-state index in [1.165, 1.54) is 0 Å². The molecule has 0 saturated heterocycles. The van der Waals surface area contributed by atoms with E-state index in [0.717, 1.165) is 0 Å². The van der Waals surface area contributed by atoms with Crippen molar-refractivity contribution in [3.63, 3.8) is 0 Å². The van der Waals surface area contributed by atoms with Crippen LogP contribution in [-0.4, -0.2) is 31.2 Å². The molecule has 136 valence electrons. The summed E-state index contributed by atoms with van der Waals surface area (Å²) in [6.07, 6.45) is 0.635. The molecule has 0 radical (unpaired) electrons. The van der Waals surface area contributed by atoms with Gasteiger partial charge < -0.3 is 16.2 Å². The Morgan fingerprint density at radius 2 is 1.92 bits per heavy atom. The number of nitrogens with two attached hydrogens (primary N) is 2. The van der Waals surface area contributed by atoms with Gasteiger partial charge in [0.1, 0.15) is 5.75 Å². The minimum atomic E-state index is 0. The molecule has 0 unspecified atom stereocenters. The number of nitrogens with one attached hydrogen (secondary N) is 1. The molecule has 0 heterocycles. The van der Waals surface area contributed by atoms with Crippen LogP contribution in [0.2, 0.25) is 10.0 Å². The molecule has 7 nitrogen and oxygen atoms in total. The minimum absolute atomic E-state index is 0. The van der Waals surface area contributed by atoms with Gasteiger partial charge in [-0.1, -0.05) is 30.6 Å². The number of hydrogen-bond donors (Lipinski definition) is 3. The number of halogens is 2. The smallest absolute Gasteiger partial charge is 0.221 e. The van der Waals surface area contributed by atoms with Gasteiger partial charge in [0.25, 0.3) is 0 Å². The van der Waals surface area contributed by atoms with Gasteiger partial charge >= 0.3 is 0 Å². The highest BCUT2D eigenvalue weighted by atomic mass is 35.5. The quantitative estimate of drug-likeness (QED) is 0.293. The van der Waals surface area contributed by atoms with E-state index in [-0.39, 0.29) is 25.4 Å². The standard InChI is InChI=1S/C14H21Cl2N5O2.CH4/c1-9(2)19-13(17)20-14(18)21-23-7-3-6-22-10-4-5-11(15)12(16)8-10;/h4-5,8-9H,3,6-7H2,1-2H3,(H5,17,18,19,20,21);1H4. The molecule has 0 spiro atoms. The molecule has 9 heteroatoms. The van der Waals surface area contributed by atoms with Crippen molar-refractivity contribution >= 4 is 35.1 Å². The van der Waals surface area contributed by atoms with Gasteiger partial charge in [-0.25, -0.2) is 10.5 Å². The first-order valence-electron chi connectivity index (χ1n) is 7.01. The molecule has 0 atom stereocenters. The van der Waals surface area contributed by atoms with Crippen molar-refractivity contribution in [3.05, 3.63) is 28.2 Å². The third kappa shape index (κ3) is 9.44. The largest absolute Gasteiger partial charge is 0.493 e. The molecular formula is C15H25Cl2N5O2. The first-order chi connectivity index (χ1) is 10.9. The highest BCUT2D eigenvalue weighted by Crippen LogP contribution is 2.26. The minimum Gasteiger partial charge on any atom is -0.493 e. The first-order valence-corrected chi connectivity index (χ1v) is 7.77. The van der Waals surface area contributed by atoms with Crippen LogP contribution < -0.4 is 21.7 Å². The van der Waals surface area contributed by atoms with Gasteiger partial charge in [-0.2, -0.15) is 4.99 Å². The number of hydroxylamine groups is 1. The Morgan fingerprint density at radius 1 is 1.21 bits per heavy atom. The monoisotopic (exact) mass is 377 g/mol. The van der Waals surface area contributed by atoms with E-state index in [0.29, 0.717) is 35.4 Å². The summed E-state index contributed by atoms with van der Waals surface area (Å²) >= 11 is 11.7. The van der Waals surface area contributed by atoms with Crippen molar-refractivity contribution in [1.82, 2.24) is 5.48 Å². The maximum absolute atomic E-state index is 5.89. The van der Waals surface area contributed by atoms with Crippen LogP contribution in [0.5, 0.6) is 5.75 Å². The zero-order valence-corrected chi connectivity index (χ0v) is 14.6. The number of nitrogens with zero attached hydrogens (tertiary/aromatic N) is 2. The van der Waals surface area contributed by atoms with Crippen LogP contribution in [0.4, 0.5) is 0 Å². The van der Waals surface area contributed by atoms with E-state index < -0.39 is 0 Å². The molecule has 0 aliphatic heterocycles. The maximum Gasteiger partial charge on any atom is 0.221 e. The third-order valence-electron chi connectivity index (χ3n) is 2.35. The average Bonchev–Trinajstić information content (AvgIpc) is 2.45. The number of benzene rings is 1. The SMILES string of the molecule is C.CC(C)N=C(N)N=C(N)NOCCCOc1ccc(Cl)c(Cl)c1. The Labute approximate surface area is 153 Å². The van der Waals surface area contributed by atoms with E-state index in [1.54, 1.807) is 18.2 Å². The van der Waals surface area contributed by atoms with Crippen molar-refractivity contribution in [1.29, 1.82) is 0 Å². The predicted octanol–water partition coefficient (Wildman–Crippen LogP) is 2.96. The molecule has 1 aromatic rings. The second kappa shape index (κ2) is 11.8. The van der Waals surface area contributed by atoms with Crippen molar-refractivity contribution < 1.29 is 9.57 Å². The zero-order chi connectivity index (χ0) is 17.2. The first kappa shape index (κ1) is 22.3. The number of guanidine groups is 2. The summed E-state index contributed by atoms with van der Waals surface area (Å²) in [6.45, 7) is 4.60. The predicted molar refractivity (Wildman–Crippen MR) is 101 cm³/mol. The Balaban J connectivity index is 0.00000529. The summed E-state index contributed by atoms with van der Waals surface area (Å²) in [5.74, 6) is 0.778. The number of hydrogen-bond acceptors (Lipinski definition) is 3. The molecule has 0 aliphatic rings. The Kier molecular flexibility index (Phi) is 10.9. The summed E-state index contributed by atoms with van der Waals surface area (Å²) in [5.41, 5.74) is 13.6. The molecule has 0 fully saturated rings. The van der Waals surface area contributed by atoms with Crippen molar-refractivity contribution in [2.75, 3.05) is 13.2 Å². The van der Waals surface area contributed by atoms with E-state index >= 15 is 0 Å². The molecule has 1 rings (SSSR count). The van der Waals surface area contributed by atoms with Gasteiger partial charge in [-0.3, -0.25) is 4.84 Å². The van der Waals surface area contributed by atoms with Gasteiger partial charge in [-0.05, 0) is 26.0 Å². The molecule has 0 bridgehead atoms. The fourth-order valence-corrected chi connectivity index (χ4v) is 1.74. The van der Waals surface area contributed by atoms with Gasteiger partial charge in [0.05, 0.1) is 23.3 Å². The van der Waals surface area contributed by atoms with E-state index in [1.807, 2.05) is 13.8 Å². The topological polar surface area (TPSA) is 107 Å². The summed E-state index contributed by atoms with van der Waals surface area (Å²) in [5, 5.41) is 0.938. The van der Waals surface area contributed by atoms with Crippen LogP contribution in [0, 0.1) is 0 Å². The molecule has 0 aliphatic carbocycles. The molecule has 5 N–H and O–H groups in total. The Morgan fingerprint density at radius 3 is 2.54 bits per heavy atom. The fraction of sp³-hybridized carbons (Fsp3) is 0.467. The zero-order valence-electron chi connectivity index (χ0n) is 13.1. The van der Waals surface area contributed by atoms with E-state index in [2.05, 4.69) is 15.5 Å². The summed E-state index contributed by atoms with van der Waals surface area (Å²) in [6, 6.07) is 5.13. The highest BCUT2D eigenvalue weighted by Gasteiger charge is 2.00. The number of aliphatic imine (C=N–C) groups is 2. The van der Waals surface area contributed by atoms with Crippen LogP contribution >= 0.6 is 23.2 Å². The van der Waals surface area contributed by atoms with Crippen molar-refractivity contribution in [3.8, 4) is 5.75 Å². The lowest BCUT2D eigenvalue weighted by Crippen LogP contribution is -2.34. The lowest BCUT2D eigenvalue weighted by molar-refractivity contribution is 0.0739. The van der Waals surface area contributed by atoms with Gasteiger partial charge in [0.2, 0.25) is 11.9 Å². The van der Waals surface area contributed by atoms with Crippen molar-refractivity contribution in [2.45, 2.75) is 33.7 Å². The summed E-state index contributed by atoms with van der Waals surface area (Å²) < 4.78 is 5.51. The normalized spacial score (nSPS) is 12.0. The molecule has 0 aromatic heterocycles. The van der Waals surface area contributed by atoms with Crippen LogP contribution in [0.3, 0.4) is 0 Å². The summed E-state index contributed by atoms with van der Waals surface area (Å²) in [7, 11) is 0. The van der Waals surface area contributed by atoms with Gasteiger partial charge in [-0.15, -0.1) is 0 Å². The van der Waals surface area contributed by atoms with Gasteiger partial charge in [0, 0.05) is 18.5 Å². The van der Waals surface area contributed by atoms with E-state index in [9.17, 15) is 0 Å². The van der Waals surface area contributed by atoms with Crippen LogP contribution in [0.25, 0.3) is 0 Å². The second-order valence-electron chi connectivity index (χ2n) is 4.81. The van der Waals surface area contributed by atoms with Crippen LogP contribution in [0.15, 0.2) is 28.2 Å². The Hall–Kier alpha value is -1.70. The van der Waals surface area contributed by atoms with Crippen LogP contribution in [0.1, 0.15) is 27.7 Å². The molecule has 0 amide bonds. The maximum atomic E-state index is 5.89. The molecule has 1 aromatic carbocycles. The Bertz CT molecular complexity index is 565.